The molecule has 0 atom stereocenters. The summed E-state index contributed by atoms with van der Waals surface area (Å²) in [6, 6.07) is 20.6. The van der Waals surface area contributed by atoms with E-state index in [9.17, 15) is 0 Å². The van der Waals surface area contributed by atoms with Gasteiger partial charge in [-0.3, -0.25) is 5.43 Å². The second-order valence-electron chi connectivity index (χ2n) is 6.24. The average molecular weight is 363 g/mol. The van der Waals surface area contributed by atoms with Crippen LogP contribution in [0.2, 0.25) is 0 Å². The first kappa shape index (κ1) is 17.9. The van der Waals surface area contributed by atoms with Crippen LogP contribution in [0.4, 0.5) is 5.69 Å². The quantitative estimate of drug-likeness (QED) is 0.400. The highest BCUT2D eigenvalue weighted by Gasteiger charge is 2.00. The van der Waals surface area contributed by atoms with Crippen molar-refractivity contribution in [2.45, 2.75) is 20.4 Å². The van der Waals surface area contributed by atoms with Gasteiger partial charge in [-0.1, -0.05) is 47.5 Å². The summed E-state index contributed by atoms with van der Waals surface area (Å²) in [4.78, 5) is 0. The molecule has 0 aliphatic heterocycles. The highest BCUT2D eigenvalue weighted by Crippen LogP contribution is 2.09. The first-order chi connectivity index (χ1) is 12.6. The highest BCUT2D eigenvalue weighted by atomic mass is 32.1. The zero-order valence-electron chi connectivity index (χ0n) is 14.9. The van der Waals surface area contributed by atoms with Crippen LogP contribution in [0.5, 0.6) is 0 Å². The maximum atomic E-state index is 5.27. The van der Waals surface area contributed by atoms with Crippen LogP contribution in [0.1, 0.15) is 22.4 Å². The molecular formula is C21H22N4S. The number of hydrogen-bond donors (Lipinski definition) is 2. The predicted octanol–water partition coefficient (Wildman–Crippen LogP) is 4.47. The van der Waals surface area contributed by atoms with E-state index in [0.717, 1.165) is 17.9 Å². The summed E-state index contributed by atoms with van der Waals surface area (Å²) in [5.41, 5.74) is 8.54. The lowest BCUT2D eigenvalue weighted by Crippen LogP contribution is -2.24. The molecule has 0 radical (unpaired) electrons. The highest BCUT2D eigenvalue weighted by molar-refractivity contribution is 7.80. The molecule has 132 valence electrons. The van der Waals surface area contributed by atoms with Gasteiger partial charge in [0.2, 0.25) is 0 Å². The summed E-state index contributed by atoms with van der Waals surface area (Å²) >= 11 is 5.27. The van der Waals surface area contributed by atoms with Crippen molar-refractivity contribution >= 4 is 29.2 Å². The van der Waals surface area contributed by atoms with E-state index >= 15 is 0 Å². The molecule has 0 amide bonds. The van der Waals surface area contributed by atoms with Crippen molar-refractivity contribution in [3.05, 3.63) is 89.2 Å². The monoisotopic (exact) mass is 362 g/mol. The van der Waals surface area contributed by atoms with Crippen LogP contribution in [0, 0.1) is 13.8 Å². The molecule has 1 aromatic heterocycles. The molecule has 0 fully saturated rings. The molecule has 0 aliphatic carbocycles. The van der Waals surface area contributed by atoms with E-state index in [1.165, 1.54) is 16.7 Å². The molecule has 4 nitrogen and oxygen atoms in total. The van der Waals surface area contributed by atoms with Crippen molar-refractivity contribution < 1.29 is 0 Å². The lowest BCUT2D eigenvalue weighted by molar-refractivity contribution is 0.798. The molecule has 0 spiro atoms. The molecule has 5 heteroatoms. The van der Waals surface area contributed by atoms with E-state index in [0.29, 0.717) is 5.11 Å². The summed E-state index contributed by atoms with van der Waals surface area (Å²) in [6.45, 7) is 4.95. The maximum Gasteiger partial charge on any atom is 0.191 e. The second-order valence-corrected chi connectivity index (χ2v) is 6.64. The van der Waals surface area contributed by atoms with Gasteiger partial charge in [0.15, 0.2) is 5.11 Å². The smallest absolute Gasteiger partial charge is 0.191 e. The Morgan fingerprint density at radius 3 is 2.35 bits per heavy atom. The zero-order chi connectivity index (χ0) is 18.4. The van der Waals surface area contributed by atoms with Crippen LogP contribution < -0.4 is 10.7 Å². The Labute approximate surface area is 159 Å². The fourth-order valence-corrected chi connectivity index (χ4v) is 2.70. The topological polar surface area (TPSA) is 41.4 Å². The third-order valence-electron chi connectivity index (χ3n) is 4.01. The van der Waals surface area contributed by atoms with Crippen molar-refractivity contribution in [2.75, 3.05) is 5.32 Å². The van der Waals surface area contributed by atoms with E-state index in [-0.39, 0.29) is 0 Å². The van der Waals surface area contributed by atoms with E-state index in [1.54, 1.807) is 6.21 Å². The van der Waals surface area contributed by atoms with Crippen LogP contribution in [0.3, 0.4) is 0 Å². The third-order valence-corrected chi connectivity index (χ3v) is 4.20. The van der Waals surface area contributed by atoms with Crippen LogP contribution in [0.15, 0.2) is 72.0 Å². The molecule has 0 bridgehead atoms. The molecule has 2 aromatic carbocycles. The van der Waals surface area contributed by atoms with Crippen molar-refractivity contribution in [3.8, 4) is 0 Å². The SMILES string of the molecule is Cc1ccc(Cn2cccc2/C=N\NC(=S)Nc2ccc(C)cc2)cc1. The van der Waals surface area contributed by atoms with Crippen LogP contribution in [-0.4, -0.2) is 15.9 Å². The number of rotatable bonds is 5. The van der Waals surface area contributed by atoms with Crippen LogP contribution in [-0.2, 0) is 6.54 Å². The molecule has 0 saturated carbocycles. The van der Waals surface area contributed by atoms with E-state index < -0.39 is 0 Å². The number of benzene rings is 2. The minimum absolute atomic E-state index is 0.460. The van der Waals surface area contributed by atoms with Crippen molar-refractivity contribution in [3.63, 3.8) is 0 Å². The molecule has 26 heavy (non-hydrogen) atoms. The van der Waals surface area contributed by atoms with E-state index in [2.05, 4.69) is 58.5 Å². The molecule has 3 aromatic rings. The lowest BCUT2D eigenvalue weighted by atomic mass is 10.1. The van der Waals surface area contributed by atoms with Gasteiger partial charge in [0.25, 0.3) is 0 Å². The summed E-state index contributed by atoms with van der Waals surface area (Å²) in [5, 5.41) is 7.81. The van der Waals surface area contributed by atoms with Gasteiger partial charge < -0.3 is 9.88 Å². The number of thiocarbonyl (C=S) groups is 1. The predicted molar refractivity (Wildman–Crippen MR) is 113 cm³/mol. The Balaban J connectivity index is 1.57. The Hall–Kier alpha value is -2.92. The van der Waals surface area contributed by atoms with E-state index in [1.807, 2.05) is 42.6 Å². The van der Waals surface area contributed by atoms with Crippen molar-refractivity contribution in [1.82, 2.24) is 9.99 Å². The first-order valence-corrected chi connectivity index (χ1v) is 8.88. The first-order valence-electron chi connectivity index (χ1n) is 8.47. The number of nitrogens with one attached hydrogen (secondary N) is 2. The average Bonchev–Trinajstić information content (AvgIpc) is 3.06. The standard InChI is InChI=1S/C21H22N4S/c1-16-5-9-18(10-6-16)15-25-13-3-4-20(25)14-22-24-21(26)23-19-11-7-17(2)8-12-19/h3-14H,15H2,1-2H3,(H2,23,24,26)/b22-14-. The second kappa shape index (κ2) is 8.45. The maximum absolute atomic E-state index is 5.27. The number of aromatic nitrogens is 1. The van der Waals surface area contributed by atoms with Crippen LogP contribution in [0.25, 0.3) is 0 Å². The zero-order valence-corrected chi connectivity index (χ0v) is 15.8. The lowest BCUT2D eigenvalue weighted by Gasteiger charge is -2.08. The normalized spacial score (nSPS) is 10.8. The molecule has 1 heterocycles. The molecular weight excluding hydrogens is 340 g/mol. The summed E-state index contributed by atoms with van der Waals surface area (Å²) in [7, 11) is 0. The Bertz CT molecular complexity index is 893. The van der Waals surface area contributed by atoms with Gasteiger partial charge in [0.1, 0.15) is 0 Å². The third kappa shape index (κ3) is 5.04. The number of aryl methyl sites for hydroxylation is 2. The molecule has 0 saturated heterocycles. The Morgan fingerprint density at radius 2 is 1.65 bits per heavy atom. The molecule has 2 N–H and O–H groups in total. The largest absolute Gasteiger partial charge is 0.342 e. The number of hydrazone groups is 1. The summed E-state index contributed by atoms with van der Waals surface area (Å²) < 4.78 is 2.15. The van der Waals surface area contributed by atoms with E-state index in [4.69, 9.17) is 12.2 Å². The van der Waals surface area contributed by atoms with Crippen molar-refractivity contribution in [2.24, 2.45) is 5.10 Å². The Kier molecular flexibility index (Phi) is 5.81. The van der Waals surface area contributed by atoms with Gasteiger partial charge in [-0.05, 0) is 55.9 Å². The van der Waals surface area contributed by atoms with Gasteiger partial charge in [0.05, 0.1) is 11.9 Å². The summed E-state index contributed by atoms with van der Waals surface area (Å²) in [6.07, 6.45) is 3.82. The van der Waals surface area contributed by atoms with Gasteiger partial charge in [0, 0.05) is 18.4 Å². The fraction of sp³-hybridized carbons (Fsp3) is 0.143. The number of nitrogens with zero attached hydrogens (tertiary/aromatic N) is 2. The van der Waals surface area contributed by atoms with Gasteiger partial charge >= 0.3 is 0 Å². The molecule has 0 aliphatic rings. The number of hydrogen-bond acceptors (Lipinski definition) is 2. The van der Waals surface area contributed by atoms with Gasteiger partial charge in [-0.25, -0.2) is 0 Å². The van der Waals surface area contributed by atoms with Gasteiger partial charge in [-0.2, -0.15) is 5.10 Å². The minimum Gasteiger partial charge on any atom is -0.342 e. The Morgan fingerprint density at radius 1 is 1.00 bits per heavy atom. The van der Waals surface area contributed by atoms with Crippen molar-refractivity contribution in [1.29, 1.82) is 0 Å². The fourth-order valence-electron chi connectivity index (χ4n) is 2.53. The molecule has 0 unspecified atom stereocenters. The molecule has 3 rings (SSSR count). The van der Waals surface area contributed by atoms with Crippen LogP contribution >= 0.6 is 12.2 Å². The summed E-state index contributed by atoms with van der Waals surface area (Å²) in [5.74, 6) is 0. The number of anilines is 1. The van der Waals surface area contributed by atoms with Gasteiger partial charge in [-0.15, -0.1) is 0 Å². The minimum atomic E-state index is 0.460.